The molecule has 3 rings (SSSR count). The molecule has 0 fully saturated rings. The van der Waals surface area contributed by atoms with Crippen LogP contribution in [0.5, 0.6) is 0 Å². The molecule has 4 nitrogen and oxygen atoms in total. The summed E-state index contributed by atoms with van der Waals surface area (Å²) >= 11 is 0. The van der Waals surface area contributed by atoms with E-state index in [2.05, 4.69) is 5.32 Å². The van der Waals surface area contributed by atoms with Crippen LogP contribution in [-0.2, 0) is 9.59 Å². The van der Waals surface area contributed by atoms with Gasteiger partial charge >= 0.3 is 0 Å². The maximum absolute atomic E-state index is 12.1. The predicted octanol–water partition coefficient (Wildman–Crippen LogP) is 2.89. The smallest absolute Gasteiger partial charge is 0.244 e. The Labute approximate surface area is 129 Å². The first-order valence-electron chi connectivity index (χ1n) is 7.29. The third kappa shape index (κ3) is 2.60. The normalized spacial score (nSPS) is 17.5. The molecular formula is C18H18N2O2. The molecule has 1 atom stereocenters. The van der Waals surface area contributed by atoms with Gasteiger partial charge in [-0.25, -0.2) is 0 Å². The van der Waals surface area contributed by atoms with Crippen LogP contribution in [0.4, 0.5) is 5.69 Å². The number of benzene rings is 2. The van der Waals surface area contributed by atoms with Gasteiger partial charge in [0.05, 0.1) is 6.04 Å². The first kappa shape index (κ1) is 14.3. The summed E-state index contributed by atoms with van der Waals surface area (Å²) in [4.78, 5) is 25.9. The number of carbonyl (C=O) groups excluding carboxylic acids is 2. The van der Waals surface area contributed by atoms with Gasteiger partial charge in [0, 0.05) is 18.2 Å². The molecule has 1 aliphatic rings. The average molecular weight is 294 g/mol. The Kier molecular flexibility index (Phi) is 3.67. The van der Waals surface area contributed by atoms with Crippen molar-refractivity contribution >= 4 is 17.5 Å². The number of carbonyl (C=O) groups is 2. The van der Waals surface area contributed by atoms with Crippen LogP contribution in [0.1, 0.15) is 29.7 Å². The molecule has 1 aliphatic heterocycles. The molecule has 2 aromatic carbocycles. The van der Waals surface area contributed by atoms with Crippen molar-refractivity contribution in [2.45, 2.75) is 19.9 Å². The number of nitrogens with one attached hydrogen (secondary N) is 1. The second-order valence-corrected chi connectivity index (χ2v) is 5.60. The minimum atomic E-state index is -0.257. The van der Waals surface area contributed by atoms with Crippen molar-refractivity contribution in [3.8, 4) is 0 Å². The van der Waals surface area contributed by atoms with E-state index in [-0.39, 0.29) is 24.4 Å². The van der Waals surface area contributed by atoms with Crippen molar-refractivity contribution in [1.82, 2.24) is 4.90 Å². The van der Waals surface area contributed by atoms with Crippen molar-refractivity contribution in [2.75, 3.05) is 11.9 Å². The van der Waals surface area contributed by atoms with Crippen LogP contribution in [-0.4, -0.2) is 23.3 Å². The van der Waals surface area contributed by atoms with Crippen molar-refractivity contribution in [2.24, 2.45) is 0 Å². The molecule has 22 heavy (non-hydrogen) atoms. The zero-order chi connectivity index (χ0) is 15.7. The first-order chi connectivity index (χ1) is 10.6. The fraction of sp³-hybridized carbons (Fsp3) is 0.222. The largest absolute Gasteiger partial charge is 0.324 e. The van der Waals surface area contributed by atoms with E-state index in [0.717, 1.165) is 22.4 Å². The number of nitrogens with zero attached hydrogens (tertiary/aromatic N) is 1. The molecule has 1 heterocycles. The minimum Gasteiger partial charge on any atom is -0.324 e. The van der Waals surface area contributed by atoms with E-state index in [1.54, 1.807) is 4.90 Å². The monoisotopic (exact) mass is 294 g/mol. The zero-order valence-corrected chi connectivity index (χ0v) is 12.7. The Morgan fingerprint density at radius 2 is 1.91 bits per heavy atom. The lowest BCUT2D eigenvalue weighted by atomic mass is 9.94. The van der Waals surface area contributed by atoms with Gasteiger partial charge in [-0.05, 0) is 18.6 Å². The Morgan fingerprint density at radius 1 is 1.18 bits per heavy atom. The highest BCUT2D eigenvalue weighted by Gasteiger charge is 2.31. The zero-order valence-electron chi connectivity index (χ0n) is 12.7. The standard InChI is InChI=1S/C18H18N2O2/c1-12-8-9-16-15(10-12)18(14-6-4-3-5-7-14)20(13(2)21)11-17(22)19-16/h3-10,18H,11H2,1-2H3,(H,19,22)/t18-/m0/s1. The van der Waals surface area contributed by atoms with Gasteiger partial charge in [-0.2, -0.15) is 0 Å². The molecule has 4 heteroatoms. The number of hydrogen-bond donors (Lipinski definition) is 1. The number of anilines is 1. The molecule has 2 amide bonds. The average Bonchev–Trinajstić information content (AvgIpc) is 2.64. The van der Waals surface area contributed by atoms with E-state index < -0.39 is 0 Å². The van der Waals surface area contributed by atoms with E-state index in [0.29, 0.717) is 0 Å². The Hall–Kier alpha value is -2.62. The Bertz CT molecular complexity index is 725. The van der Waals surface area contributed by atoms with Gasteiger partial charge in [0.15, 0.2) is 0 Å². The molecule has 2 aromatic rings. The molecule has 0 aromatic heterocycles. The van der Waals surface area contributed by atoms with Gasteiger partial charge in [-0.1, -0.05) is 48.0 Å². The van der Waals surface area contributed by atoms with Gasteiger partial charge in [-0.3, -0.25) is 9.59 Å². The maximum Gasteiger partial charge on any atom is 0.244 e. The van der Waals surface area contributed by atoms with Crippen molar-refractivity contribution < 1.29 is 9.59 Å². The van der Waals surface area contributed by atoms with Crippen LogP contribution in [0.15, 0.2) is 48.5 Å². The lowest BCUT2D eigenvalue weighted by Crippen LogP contribution is -2.37. The number of amides is 2. The number of hydrogen-bond acceptors (Lipinski definition) is 2. The van der Waals surface area contributed by atoms with Crippen molar-refractivity contribution in [1.29, 1.82) is 0 Å². The van der Waals surface area contributed by atoms with E-state index in [1.807, 2.05) is 55.5 Å². The van der Waals surface area contributed by atoms with Gasteiger partial charge in [0.1, 0.15) is 6.54 Å². The van der Waals surface area contributed by atoms with Crippen molar-refractivity contribution in [3.63, 3.8) is 0 Å². The SMILES string of the molecule is CC(=O)N1CC(=O)Nc2ccc(C)cc2[C@@H]1c1ccccc1. The Balaban J connectivity index is 2.22. The minimum absolute atomic E-state index is 0.0582. The van der Waals surface area contributed by atoms with Crippen LogP contribution in [0.3, 0.4) is 0 Å². The van der Waals surface area contributed by atoms with Gasteiger partial charge < -0.3 is 10.2 Å². The topological polar surface area (TPSA) is 49.4 Å². The molecule has 0 aliphatic carbocycles. The summed E-state index contributed by atoms with van der Waals surface area (Å²) in [6.45, 7) is 3.57. The highest BCUT2D eigenvalue weighted by Crippen LogP contribution is 2.36. The number of aryl methyl sites for hydroxylation is 1. The molecule has 112 valence electrons. The summed E-state index contributed by atoms with van der Waals surface area (Å²) in [5.74, 6) is -0.280. The van der Waals surface area contributed by atoms with Crippen LogP contribution in [0.25, 0.3) is 0 Å². The van der Waals surface area contributed by atoms with Gasteiger partial charge in [0.25, 0.3) is 0 Å². The van der Waals surface area contributed by atoms with Crippen LogP contribution >= 0.6 is 0 Å². The molecular weight excluding hydrogens is 276 g/mol. The van der Waals surface area contributed by atoms with Crippen LogP contribution in [0.2, 0.25) is 0 Å². The van der Waals surface area contributed by atoms with Crippen LogP contribution in [0, 0.1) is 6.92 Å². The lowest BCUT2D eigenvalue weighted by molar-refractivity contribution is -0.134. The summed E-state index contributed by atoms with van der Waals surface area (Å²) in [5.41, 5.74) is 3.82. The second kappa shape index (κ2) is 5.64. The van der Waals surface area contributed by atoms with Gasteiger partial charge in [-0.15, -0.1) is 0 Å². The number of fused-ring (bicyclic) bond motifs is 1. The molecule has 0 unspecified atom stereocenters. The highest BCUT2D eigenvalue weighted by molar-refractivity contribution is 5.96. The summed E-state index contributed by atoms with van der Waals surface area (Å²) < 4.78 is 0. The third-order valence-electron chi connectivity index (χ3n) is 3.92. The molecule has 0 radical (unpaired) electrons. The summed E-state index contributed by atoms with van der Waals surface area (Å²) in [6, 6.07) is 15.5. The highest BCUT2D eigenvalue weighted by atomic mass is 16.2. The van der Waals surface area contributed by atoms with E-state index in [1.165, 1.54) is 6.92 Å². The molecule has 0 bridgehead atoms. The summed E-state index contributed by atoms with van der Waals surface area (Å²) in [6.07, 6.45) is 0. The van der Waals surface area contributed by atoms with E-state index in [4.69, 9.17) is 0 Å². The lowest BCUT2D eigenvalue weighted by Gasteiger charge is -2.29. The second-order valence-electron chi connectivity index (χ2n) is 5.60. The fourth-order valence-corrected chi connectivity index (χ4v) is 2.91. The van der Waals surface area contributed by atoms with E-state index >= 15 is 0 Å². The summed E-state index contributed by atoms with van der Waals surface area (Å²) in [7, 11) is 0. The fourth-order valence-electron chi connectivity index (χ4n) is 2.91. The third-order valence-corrected chi connectivity index (χ3v) is 3.92. The maximum atomic E-state index is 12.1. The molecule has 0 spiro atoms. The number of rotatable bonds is 1. The van der Waals surface area contributed by atoms with Crippen molar-refractivity contribution in [3.05, 3.63) is 65.2 Å². The molecule has 1 N–H and O–H groups in total. The Morgan fingerprint density at radius 3 is 2.59 bits per heavy atom. The molecule has 0 saturated heterocycles. The summed E-state index contributed by atoms with van der Waals surface area (Å²) in [5, 5.41) is 2.90. The van der Waals surface area contributed by atoms with E-state index in [9.17, 15) is 9.59 Å². The quantitative estimate of drug-likeness (QED) is 0.879. The molecule has 0 saturated carbocycles. The predicted molar refractivity (Wildman–Crippen MR) is 85.5 cm³/mol. The van der Waals surface area contributed by atoms with Crippen LogP contribution < -0.4 is 5.32 Å². The van der Waals surface area contributed by atoms with Gasteiger partial charge in [0.2, 0.25) is 11.8 Å². The first-order valence-corrected chi connectivity index (χ1v) is 7.29.